The van der Waals surface area contributed by atoms with Crippen LogP contribution in [0.2, 0.25) is 0 Å². The first-order valence-corrected chi connectivity index (χ1v) is 7.79. The van der Waals surface area contributed by atoms with Gasteiger partial charge >= 0.3 is 0 Å². The van der Waals surface area contributed by atoms with Crippen LogP contribution in [0, 0.1) is 0 Å². The van der Waals surface area contributed by atoms with E-state index in [1.165, 1.54) is 0 Å². The Bertz CT molecular complexity index is 783. The van der Waals surface area contributed by atoms with Crippen molar-refractivity contribution in [1.29, 1.82) is 0 Å². The number of fused-ring (bicyclic) bond motifs is 1. The van der Waals surface area contributed by atoms with E-state index in [-0.39, 0.29) is 5.91 Å². The predicted molar refractivity (Wildman–Crippen MR) is 93.7 cm³/mol. The van der Waals surface area contributed by atoms with Crippen molar-refractivity contribution in [3.8, 4) is 0 Å². The van der Waals surface area contributed by atoms with Gasteiger partial charge in [-0.25, -0.2) is 0 Å². The fraction of sp³-hybridized carbons (Fsp3) is 0.235. The third kappa shape index (κ3) is 3.23. The fourth-order valence-electron chi connectivity index (χ4n) is 2.54. The average Bonchev–Trinajstić information content (AvgIpc) is 2.83. The summed E-state index contributed by atoms with van der Waals surface area (Å²) in [5.74, 6) is -0.105. The van der Waals surface area contributed by atoms with Gasteiger partial charge in [0.1, 0.15) is 5.70 Å². The number of rotatable bonds is 5. The van der Waals surface area contributed by atoms with Crippen LogP contribution in [0.1, 0.15) is 12.0 Å². The summed E-state index contributed by atoms with van der Waals surface area (Å²) in [7, 11) is 1.64. The van der Waals surface area contributed by atoms with Crippen LogP contribution in [0.3, 0.4) is 0 Å². The maximum Gasteiger partial charge on any atom is 0.276 e. The number of hydrogen-bond donors (Lipinski definition) is 1. The van der Waals surface area contributed by atoms with Crippen molar-refractivity contribution >= 4 is 40.2 Å². The van der Waals surface area contributed by atoms with Gasteiger partial charge in [0.2, 0.25) is 0 Å². The van der Waals surface area contributed by atoms with Gasteiger partial charge in [-0.15, -0.1) is 0 Å². The first-order chi connectivity index (χ1) is 11.2. The highest BCUT2D eigenvalue weighted by Crippen LogP contribution is 2.21. The highest BCUT2D eigenvalue weighted by molar-refractivity contribution is 7.80. The van der Waals surface area contributed by atoms with Gasteiger partial charge in [0, 0.05) is 31.8 Å². The minimum Gasteiger partial charge on any atom is -0.385 e. The average molecular weight is 327 g/mol. The van der Waals surface area contributed by atoms with E-state index in [9.17, 15) is 4.79 Å². The van der Waals surface area contributed by atoms with E-state index < -0.39 is 0 Å². The molecule has 6 heteroatoms. The Morgan fingerprint density at radius 1 is 1.35 bits per heavy atom. The zero-order valence-corrected chi connectivity index (χ0v) is 13.6. The minimum absolute atomic E-state index is 0.105. The molecule has 0 radical (unpaired) electrons. The van der Waals surface area contributed by atoms with Crippen LogP contribution in [0.4, 0.5) is 0 Å². The zero-order valence-electron chi connectivity index (χ0n) is 12.8. The van der Waals surface area contributed by atoms with E-state index in [1.807, 2.05) is 36.4 Å². The molecule has 1 aliphatic rings. The Balaban J connectivity index is 1.88. The Morgan fingerprint density at radius 3 is 3.00 bits per heavy atom. The molecule has 0 saturated carbocycles. The smallest absolute Gasteiger partial charge is 0.276 e. The third-order valence-electron chi connectivity index (χ3n) is 3.68. The Labute approximate surface area is 140 Å². The van der Waals surface area contributed by atoms with Crippen LogP contribution in [-0.4, -0.2) is 41.2 Å². The van der Waals surface area contributed by atoms with Gasteiger partial charge < -0.3 is 10.1 Å². The van der Waals surface area contributed by atoms with Gasteiger partial charge in [-0.1, -0.05) is 18.2 Å². The second kappa shape index (κ2) is 6.85. The molecule has 1 aliphatic heterocycles. The largest absolute Gasteiger partial charge is 0.385 e. The molecule has 0 unspecified atom stereocenters. The van der Waals surface area contributed by atoms with E-state index in [0.29, 0.717) is 24.0 Å². The van der Waals surface area contributed by atoms with Crippen molar-refractivity contribution in [1.82, 2.24) is 15.2 Å². The molecule has 1 saturated heterocycles. The zero-order chi connectivity index (χ0) is 16.2. The van der Waals surface area contributed by atoms with Crippen molar-refractivity contribution in [2.45, 2.75) is 6.42 Å². The SMILES string of the molecule is COCCCN1C(=O)/C(=C\c2ccnc3ccccc23)NC1=S. The van der Waals surface area contributed by atoms with E-state index >= 15 is 0 Å². The lowest BCUT2D eigenvalue weighted by Crippen LogP contribution is -2.32. The molecule has 1 amide bonds. The minimum atomic E-state index is -0.105. The molecule has 1 N–H and O–H groups in total. The van der Waals surface area contributed by atoms with Gasteiger partial charge in [-0.05, 0) is 42.4 Å². The number of ether oxygens (including phenoxy) is 1. The maximum atomic E-state index is 12.5. The summed E-state index contributed by atoms with van der Waals surface area (Å²) < 4.78 is 5.02. The molecule has 3 rings (SSSR count). The molecule has 0 bridgehead atoms. The molecule has 1 aromatic carbocycles. The molecule has 2 heterocycles. The number of nitrogens with zero attached hydrogens (tertiary/aromatic N) is 2. The fourth-order valence-corrected chi connectivity index (χ4v) is 2.83. The van der Waals surface area contributed by atoms with Crippen molar-refractivity contribution in [2.75, 3.05) is 20.3 Å². The molecule has 1 fully saturated rings. The summed E-state index contributed by atoms with van der Waals surface area (Å²) in [6.07, 6.45) is 4.31. The molecule has 118 valence electrons. The Hall–Kier alpha value is -2.31. The number of benzene rings is 1. The normalized spacial score (nSPS) is 16.4. The molecular weight excluding hydrogens is 310 g/mol. The first kappa shape index (κ1) is 15.6. The van der Waals surface area contributed by atoms with Gasteiger partial charge in [0.25, 0.3) is 5.91 Å². The number of methoxy groups -OCH3 is 1. The quantitative estimate of drug-likeness (QED) is 0.519. The number of amides is 1. The summed E-state index contributed by atoms with van der Waals surface area (Å²) >= 11 is 5.26. The van der Waals surface area contributed by atoms with Crippen LogP contribution in [-0.2, 0) is 9.53 Å². The monoisotopic (exact) mass is 327 g/mol. The molecule has 2 aromatic rings. The number of carbonyl (C=O) groups is 1. The summed E-state index contributed by atoms with van der Waals surface area (Å²) in [6.45, 7) is 1.15. The number of nitrogens with one attached hydrogen (secondary N) is 1. The van der Waals surface area contributed by atoms with E-state index in [4.69, 9.17) is 17.0 Å². The number of pyridine rings is 1. The molecule has 0 atom stereocenters. The van der Waals surface area contributed by atoms with Crippen LogP contribution >= 0.6 is 12.2 Å². The second-order valence-corrected chi connectivity index (χ2v) is 5.60. The molecule has 0 spiro atoms. The highest BCUT2D eigenvalue weighted by atomic mass is 32.1. The van der Waals surface area contributed by atoms with E-state index in [0.717, 1.165) is 22.9 Å². The van der Waals surface area contributed by atoms with Gasteiger partial charge in [0.15, 0.2) is 5.11 Å². The maximum absolute atomic E-state index is 12.5. The van der Waals surface area contributed by atoms with E-state index in [2.05, 4.69) is 10.3 Å². The summed E-state index contributed by atoms with van der Waals surface area (Å²) in [5, 5.41) is 4.44. The molecular formula is C17H17N3O2S. The Kier molecular flexibility index (Phi) is 4.64. The highest BCUT2D eigenvalue weighted by Gasteiger charge is 2.30. The number of carbonyl (C=O) groups excluding carboxylic acids is 1. The lowest BCUT2D eigenvalue weighted by molar-refractivity contribution is -0.122. The van der Waals surface area contributed by atoms with Crippen molar-refractivity contribution < 1.29 is 9.53 Å². The standard InChI is InChI=1S/C17H17N3O2S/c1-22-10-4-9-20-16(21)15(19-17(20)23)11-12-7-8-18-14-6-3-2-5-13(12)14/h2-3,5-8,11H,4,9-10H2,1H3,(H,19,23)/b15-11+. The van der Waals surface area contributed by atoms with Crippen LogP contribution < -0.4 is 5.32 Å². The lowest BCUT2D eigenvalue weighted by atomic mass is 10.1. The second-order valence-electron chi connectivity index (χ2n) is 5.21. The first-order valence-electron chi connectivity index (χ1n) is 7.38. The molecule has 23 heavy (non-hydrogen) atoms. The summed E-state index contributed by atoms with van der Waals surface area (Å²) in [6, 6.07) is 9.72. The van der Waals surface area contributed by atoms with Crippen LogP contribution in [0.5, 0.6) is 0 Å². The van der Waals surface area contributed by atoms with Crippen LogP contribution in [0.25, 0.3) is 17.0 Å². The third-order valence-corrected chi connectivity index (χ3v) is 4.00. The van der Waals surface area contributed by atoms with Gasteiger partial charge in [0.05, 0.1) is 5.52 Å². The summed E-state index contributed by atoms with van der Waals surface area (Å²) in [5.41, 5.74) is 2.32. The summed E-state index contributed by atoms with van der Waals surface area (Å²) in [4.78, 5) is 18.4. The number of para-hydroxylation sites is 1. The van der Waals surface area contributed by atoms with Crippen molar-refractivity contribution in [3.05, 3.63) is 47.8 Å². The molecule has 0 aliphatic carbocycles. The predicted octanol–water partition coefficient (Wildman–Crippen LogP) is 2.33. The van der Waals surface area contributed by atoms with Gasteiger partial charge in [-0.3, -0.25) is 14.7 Å². The lowest BCUT2D eigenvalue weighted by Gasteiger charge is -2.12. The van der Waals surface area contributed by atoms with E-state index in [1.54, 1.807) is 18.2 Å². The van der Waals surface area contributed by atoms with Gasteiger partial charge in [-0.2, -0.15) is 0 Å². The number of thiocarbonyl (C=S) groups is 1. The van der Waals surface area contributed by atoms with Crippen molar-refractivity contribution in [2.24, 2.45) is 0 Å². The number of aromatic nitrogens is 1. The molecule has 1 aromatic heterocycles. The Morgan fingerprint density at radius 2 is 2.17 bits per heavy atom. The van der Waals surface area contributed by atoms with Crippen molar-refractivity contribution in [3.63, 3.8) is 0 Å². The van der Waals surface area contributed by atoms with Crippen LogP contribution in [0.15, 0.2) is 42.2 Å². The number of hydrogen-bond acceptors (Lipinski definition) is 4. The molecule has 5 nitrogen and oxygen atoms in total. The topological polar surface area (TPSA) is 54.5 Å².